The van der Waals surface area contributed by atoms with Gasteiger partial charge in [0, 0.05) is 0 Å². The maximum Gasteiger partial charge on any atom is -0.00492 e. The SMILES string of the molecule is CC1=CC=C(C(C)(C)C)SC(C(C)(C)C)=C1. The summed E-state index contributed by atoms with van der Waals surface area (Å²) in [6, 6.07) is 0. The standard InChI is InChI=1S/C15H24S/c1-11-8-9-12(14(2,3)4)16-13(10-11)15(5,6)7/h8-10H,1-7H3. The fourth-order valence-electron chi connectivity index (χ4n) is 1.42. The van der Waals surface area contributed by atoms with E-state index in [0.29, 0.717) is 0 Å². The Kier molecular flexibility index (Phi) is 3.79. The lowest BCUT2D eigenvalue weighted by atomic mass is 9.94. The molecule has 1 aliphatic heterocycles. The highest BCUT2D eigenvalue weighted by atomic mass is 32.2. The van der Waals surface area contributed by atoms with E-state index in [2.05, 4.69) is 66.7 Å². The monoisotopic (exact) mass is 236 g/mol. The zero-order valence-corrected chi connectivity index (χ0v) is 12.5. The number of hydrogen-bond acceptors (Lipinski definition) is 1. The predicted molar refractivity (Wildman–Crippen MR) is 76.4 cm³/mol. The Hall–Kier alpha value is -0.430. The van der Waals surface area contributed by atoms with Gasteiger partial charge in [-0.2, -0.15) is 0 Å². The van der Waals surface area contributed by atoms with Crippen molar-refractivity contribution in [2.45, 2.75) is 48.5 Å². The second-order valence-electron chi connectivity index (χ2n) is 6.55. The van der Waals surface area contributed by atoms with Crippen molar-refractivity contribution in [1.29, 1.82) is 0 Å². The first-order chi connectivity index (χ1) is 7.10. The van der Waals surface area contributed by atoms with E-state index in [1.165, 1.54) is 15.4 Å². The molecular weight excluding hydrogens is 212 g/mol. The van der Waals surface area contributed by atoms with Crippen LogP contribution >= 0.6 is 11.8 Å². The molecule has 1 heteroatoms. The minimum absolute atomic E-state index is 0.231. The van der Waals surface area contributed by atoms with Crippen LogP contribution in [0.25, 0.3) is 0 Å². The summed E-state index contributed by atoms with van der Waals surface area (Å²) in [5.74, 6) is 0. The quantitative estimate of drug-likeness (QED) is 0.532. The molecule has 0 radical (unpaired) electrons. The minimum atomic E-state index is 0.231. The summed E-state index contributed by atoms with van der Waals surface area (Å²) in [7, 11) is 0. The van der Waals surface area contributed by atoms with Crippen molar-refractivity contribution < 1.29 is 0 Å². The second kappa shape index (κ2) is 4.44. The van der Waals surface area contributed by atoms with Crippen molar-refractivity contribution in [3.05, 3.63) is 33.6 Å². The van der Waals surface area contributed by atoms with Gasteiger partial charge in [0.2, 0.25) is 0 Å². The summed E-state index contributed by atoms with van der Waals surface area (Å²) in [6.07, 6.45) is 6.82. The Bertz CT molecular complexity index is 354. The van der Waals surface area contributed by atoms with Crippen molar-refractivity contribution >= 4 is 11.8 Å². The van der Waals surface area contributed by atoms with Gasteiger partial charge in [-0.3, -0.25) is 0 Å². The molecule has 0 aromatic heterocycles. The lowest BCUT2D eigenvalue weighted by Crippen LogP contribution is -2.11. The van der Waals surface area contributed by atoms with E-state index in [4.69, 9.17) is 0 Å². The van der Waals surface area contributed by atoms with E-state index in [0.717, 1.165) is 0 Å². The third kappa shape index (κ3) is 3.55. The lowest BCUT2D eigenvalue weighted by molar-refractivity contribution is 0.524. The molecular formula is C15H24S. The van der Waals surface area contributed by atoms with Gasteiger partial charge in [0.1, 0.15) is 0 Å². The third-order valence-corrected chi connectivity index (χ3v) is 4.47. The number of rotatable bonds is 0. The fourth-order valence-corrected chi connectivity index (χ4v) is 2.65. The molecule has 0 spiro atoms. The summed E-state index contributed by atoms with van der Waals surface area (Å²) >= 11 is 1.94. The van der Waals surface area contributed by atoms with Gasteiger partial charge >= 0.3 is 0 Å². The Morgan fingerprint density at radius 1 is 0.812 bits per heavy atom. The smallest absolute Gasteiger partial charge is 0.00492 e. The third-order valence-electron chi connectivity index (χ3n) is 2.55. The van der Waals surface area contributed by atoms with E-state index < -0.39 is 0 Å². The summed E-state index contributed by atoms with van der Waals surface area (Å²) in [5, 5.41) is 0. The van der Waals surface area contributed by atoms with E-state index in [-0.39, 0.29) is 10.8 Å². The molecule has 0 nitrogen and oxygen atoms in total. The molecule has 0 fully saturated rings. The van der Waals surface area contributed by atoms with Crippen molar-refractivity contribution in [3.63, 3.8) is 0 Å². The average molecular weight is 236 g/mol. The first-order valence-electron chi connectivity index (χ1n) is 5.90. The molecule has 90 valence electrons. The van der Waals surface area contributed by atoms with E-state index >= 15 is 0 Å². The van der Waals surface area contributed by atoms with Gasteiger partial charge in [0.25, 0.3) is 0 Å². The van der Waals surface area contributed by atoms with Crippen molar-refractivity contribution in [2.24, 2.45) is 10.8 Å². The van der Waals surface area contributed by atoms with E-state index in [9.17, 15) is 0 Å². The average Bonchev–Trinajstić information content (AvgIpc) is 2.24. The van der Waals surface area contributed by atoms with Crippen LogP contribution in [0.4, 0.5) is 0 Å². The number of hydrogen-bond donors (Lipinski definition) is 0. The lowest BCUT2D eigenvalue weighted by Gasteiger charge is -2.28. The van der Waals surface area contributed by atoms with Gasteiger partial charge in [0.15, 0.2) is 0 Å². The van der Waals surface area contributed by atoms with Crippen molar-refractivity contribution in [1.82, 2.24) is 0 Å². The van der Waals surface area contributed by atoms with Gasteiger partial charge in [-0.25, -0.2) is 0 Å². The Morgan fingerprint density at radius 2 is 1.31 bits per heavy atom. The van der Waals surface area contributed by atoms with Crippen LogP contribution < -0.4 is 0 Å². The van der Waals surface area contributed by atoms with Crippen LogP contribution in [0, 0.1) is 10.8 Å². The van der Waals surface area contributed by atoms with Crippen molar-refractivity contribution in [2.75, 3.05) is 0 Å². The molecule has 1 heterocycles. The summed E-state index contributed by atoms with van der Waals surface area (Å²) in [5.41, 5.74) is 1.81. The summed E-state index contributed by atoms with van der Waals surface area (Å²) < 4.78 is 0. The molecule has 1 rings (SSSR count). The van der Waals surface area contributed by atoms with E-state index in [1.54, 1.807) is 0 Å². The number of thioether (sulfide) groups is 1. The van der Waals surface area contributed by atoms with Crippen LogP contribution in [-0.2, 0) is 0 Å². The fraction of sp³-hybridized carbons (Fsp3) is 0.600. The highest BCUT2D eigenvalue weighted by Gasteiger charge is 2.25. The number of allylic oxidation sites excluding steroid dienone is 6. The van der Waals surface area contributed by atoms with Gasteiger partial charge < -0.3 is 0 Å². The minimum Gasteiger partial charge on any atom is -0.0979 e. The largest absolute Gasteiger partial charge is 0.0979 e. The molecule has 1 aliphatic rings. The van der Waals surface area contributed by atoms with Crippen LogP contribution in [0.3, 0.4) is 0 Å². The van der Waals surface area contributed by atoms with Crippen LogP contribution in [0.15, 0.2) is 33.6 Å². The Morgan fingerprint density at radius 3 is 1.75 bits per heavy atom. The highest BCUT2D eigenvalue weighted by Crippen LogP contribution is 2.46. The normalized spacial score (nSPS) is 18.6. The molecule has 0 aromatic carbocycles. The molecule has 0 aromatic rings. The zero-order chi connectivity index (χ0) is 12.6. The van der Waals surface area contributed by atoms with Gasteiger partial charge in [-0.05, 0) is 33.6 Å². The van der Waals surface area contributed by atoms with E-state index in [1.807, 2.05) is 11.8 Å². The molecule has 0 amide bonds. The zero-order valence-electron chi connectivity index (χ0n) is 11.6. The van der Waals surface area contributed by atoms with Crippen LogP contribution in [-0.4, -0.2) is 0 Å². The first kappa shape index (κ1) is 13.6. The molecule has 0 saturated heterocycles. The topological polar surface area (TPSA) is 0 Å². The Balaban J connectivity index is 3.12. The summed E-state index contributed by atoms with van der Waals surface area (Å²) in [4.78, 5) is 2.91. The van der Waals surface area contributed by atoms with Gasteiger partial charge in [-0.15, -0.1) is 0 Å². The van der Waals surface area contributed by atoms with Crippen LogP contribution in [0.5, 0.6) is 0 Å². The maximum atomic E-state index is 2.32. The molecule has 0 atom stereocenters. The summed E-state index contributed by atoms with van der Waals surface area (Å²) in [6.45, 7) is 15.9. The van der Waals surface area contributed by atoms with Crippen molar-refractivity contribution in [3.8, 4) is 0 Å². The van der Waals surface area contributed by atoms with Crippen LogP contribution in [0.1, 0.15) is 48.5 Å². The molecule has 0 aliphatic carbocycles. The second-order valence-corrected chi connectivity index (χ2v) is 7.64. The van der Waals surface area contributed by atoms with Crippen LogP contribution in [0.2, 0.25) is 0 Å². The predicted octanol–water partition coefficient (Wildman–Crippen LogP) is 5.54. The Labute approximate surface area is 105 Å². The highest BCUT2D eigenvalue weighted by molar-refractivity contribution is 8.06. The molecule has 0 N–H and O–H groups in total. The maximum absolute atomic E-state index is 2.32. The molecule has 0 unspecified atom stereocenters. The van der Waals surface area contributed by atoms with Gasteiger partial charge in [0.05, 0.1) is 0 Å². The molecule has 0 saturated carbocycles. The van der Waals surface area contributed by atoms with Gasteiger partial charge in [-0.1, -0.05) is 71.0 Å². The molecule has 16 heavy (non-hydrogen) atoms. The molecule has 0 bridgehead atoms. The first-order valence-corrected chi connectivity index (χ1v) is 6.71.